The topological polar surface area (TPSA) is 66.5 Å². The zero-order chi connectivity index (χ0) is 19.7. The summed E-state index contributed by atoms with van der Waals surface area (Å²) in [6.07, 6.45) is 9.52. The van der Waals surface area contributed by atoms with Gasteiger partial charge in [0, 0.05) is 25.6 Å². The fourth-order valence-electron chi connectivity index (χ4n) is 3.70. The van der Waals surface area contributed by atoms with Gasteiger partial charge in [-0.15, -0.1) is 0 Å². The number of carbonyl (C=O) groups is 1. The lowest BCUT2D eigenvalue weighted by molar-refractivity contribution is -0.121. The Bertz CT molecular complexity index is 674. The van der Waals surface area contributed by atoms with Gasteiger partial charge in [0.05, 0.1) is 4.90 Å². The molecule has 1 fully saturated rings. The van der Waals surface area contributed by atoms with E-state index in [2.05, 4.69) is 5.32 Å². The molecule has 6 heteroatoms. The number of hydrogen-bond donors (Lipinski definition) is 1. The summed E-state index contributed by atoms with van der Waals surface area (Å²) in [6.45, 7) is 4.60. The van der Waals surface area contributed by atoms with Gasteiger partial charge in [-0.2, -0.15) is 4.31 Å². The zero-order valence-corrected chi connectivity index (χ0v) is 17.6. The van der Waals surface area contributed by atoms with Gasteiger partial charge in [-0.05, 0) is 37.0 Å². The normalized spacial score (nSPS) is 16.7. The van der Waals surface area contributed by atoms with Crippen molar-refractivity contribution in [3.8, 4) is 0 Å². The van der Waals surface area contributed by atoms with Crippen LogP contribution < -0.4 is 5.32 Å². The van der Waals surface area contributed by atoms with Crippen molar-refractivity contribution in [3.05, 3.63) is 29.8 Å². The van der Waals surface area contributed by atoms with Crippen LogP contribution in [0.5, 0.6) is 0 Å². The molecule has 5 nitrogen and oxygen atoms in total. The molecule has 0 spiro atoms. The highest BCUT2D eigenvalue weighted by atomic mass is 32.2. The van der Waals surface area contributed by atoms with E-state index >= 15 is 0 Å². The molecule has 0 saturated heterocycles. The van der Waals surface area contributed by atoms with Crippen LogP contribution in [0, 0.1) is 0 Å². The van der Waals surface area contributed by atoms with E-state index in [0.717, 1.165) is 18.4 Å². The van der Waals surface area contributed by atoms with Gasteiger partial charge in [-0.25, -0.2) is 8.42 Å². The van der Waals surface area contributed by atoms with Crippen molar-refractivity contribution in [3.63, 3.8) is 0 Å². The van der Waals surface area contributed by atoms with Gasteiger partial charge in [0.25, 0.3) is 0 Å². The molecule has 0 aromatic heterocycles. The van der Waals surface area contributed by atoms with E-state index in [9.17, 15) is 13.2 Å². The molecule has 0 atom stereocenters. The number of amides is 1. The molecule has 2 rings (SSSR count). The quantitative estimate of drug-likeness (QED) is 0.728. The average molecular weight is 395 g/mol. The van der Waals surface area contributed by atoms with Crippen molar-refractivity contribution < 1.29 is 13.2 Å². The molecule has 1 aromatic carbocycles. The second kappa shape index (κ2) is 10.8. The summed E-state index contributed by atoms with van der Waals surface area (Å²) >= 11 is 0. The second-order valence-corrected chi connectivity index (χ2v) is 9.28. The van der Waals surface area contributed by atoms with E-state index in [1.54, 1.807) is 12.1 Å². The monoisotopic (exact) mass is 394 g/mol. The van der Waals surface area contributed by atoms with Gasteiger partial charge in [-0.3, -0.25) is 4.79 Å². The Morgan fingerprint density at radius 2 is 1.56 bits per heavy atom. The van der Waals surface area contributed by atoms with Crippen LogP contribution in [-0.2, 0) is 21.2 Å². The average Bonchev–Trinajstić information content (AvgIpc) is 2.63. The zero-order valence-electron chi connectivity index (χ0n) is 16.7. The first-order valence-corrected chi connectivity index (χ1v) is 11.8. The number of nitrogens with one attached hydrogen (secondary N) is 1. The van der Waals surface area contributed by atoms with Gasteiger partial charge in [0.15, 0.2) is 0 Å². The molecule has 0 radical (unpaired) electrons. The number of aryl methyl sites for hydroxylation is 1. The Kier molecular flexibility index (Phi) is 8.77. The Morgan fingerprint density at radius 1 is 1.00 bits per heavy atom. The first kappa shape index (κ1) is 21.9. The number of benzene rings is 1. The molecule has 0 unspecified atom stereocenters. The summed E-state index contributed by atoms with van der Waals surface area (Å²) in [6, 6.07) is 7.25. The Hall–Kier alpha value is -1.40. The van der Waals surface area contributed by atoms with Gasteiger partial charge in [0.2, 0.25) is 15.9 Å². The maximum atomic E-state index is 12.5. The first-order valence-electron chi connectivity index (χ1n) is 10.4. The lowest BCUT2D eigenvalue weighted by Gasteiger charge is -2.21. The number of carbonyl (C=O) groups excluding carboxylic acids is 1. The van der Waals surface area contributed by atoms with Crippen LogP contribution in [0.25, 0.3) is 0 Å². The molecule has 0 bridgehead atoms. The molecule has 0 aliphatic heterocycles. The molecular formula is C21H34N2O3S. The number of hydrogen-bond acceptors (Lipinski definition) is 3. The molecule has 1 amide bonds. The molecule has 27 heavy (non-hydrogen) atoms. The van der Waals surface area contributed by atoms with Gasteiger partial charge in [-0.1, -0.05) is 58.1 Å². The maximum absolute atomic E-state index is 12.5. The van der Waals surface area contributed by atoms with Gasteiger partial charge >= 0.3 is 0 Å². The minimum absolute atomic E-state index is 0.0976. The fourth-order valence-corrected chi connectivity index (χ4v) is 5.16. The second-order valence-electron chi connectivity index (χ2n) is 7.34. The van der Waals surface area contributed by atoms with Gasteiger partial charge in [0.1, 0.15) is 0 Å². The van der Waals surface area contributed by atoms with E-state index in [1.807, 2.05) is 26.0 Å². The Morgan fingerprint density at radius 3 is 2.11 bits per heavy atom. The lowest BCUT2D eigenvalue weighted by Crippen LogP contribution is -2.35. The summed E-state index contributed by atoms with van der Waals surface area (Å²) in [7, 11) is -3.42. The third-order valence-electron chi connectivity index (χ3n) is 5.38. The fraction of sp³-hybridized carbons (Fsp3) is 0.667. The molecule has 1 aliphatic rings. The number of rotatable bonds is 8. The summed E-state index contributed by atoms with van der Waals surface area (Å²) in [4.78, 5) is 12.6. The Balaban J connectivity index is 1.86. The van der Waals surface area contributed by atoms with E-state index in [-0.39, 0.29) is 5.91 Å². The predicted molar refractivity (Wildman–Crippen MR) is 109 cm³/mol. The van der Waals surface area contributed by atoms with Crippen LogP contribution in [-0.4, -0.2) is 37.8 Å². The number of sulfonamides is 1. The van der Waals surface area contributed by atoms with Crippen LogP contribution >= 0.6 is 0 Å². The Labute approximate surface area is 164 Å². The van der Waals surface area contributed by atoms with Gasteiger partial charge < -0.3 is 5.32 Å². The highest BCUT2D eigenvalue weighted by molar-refractivity contribution is 7.89. The highest BCUT2D eigenvalue weighted by Gasteiger charge is 2.21. The third-order valence-corrected chi connectivity index (χ3v) is 7.44. The van der Waals surface area contributed by atoms with Crippen LogP contribution in [0.2, 0.25) is 0 Å². The molecule has 1 saturated carbocycles. The number of nitrogens with zero attached hydrogens (tertiary/aromatic N) is 1. The van der Waals surface area contributed by atoms with Crippen LogP contribution in [0.15, 0.2) is 29.2 Å². The summed E-state index contributed by atoms with van der Waals surface area (Å²) < 4.78 is 26.5. The van der Waals surface area contributed by atoms with Crippen LogP contribution in [0.3, 0.4) is 0 Å². The van der Waals surface area contributed by atoms with E-state index in [0.29, 0.717) is 36.9 Å². The molecule has 0 heterocycles. The van der Waals surface area contributed by atoms with Crippen molar-refractivity contribution in [1.29, 1.82) is 0 Å². The molecule has 1 N–H and O–H groups in total. The lowest BCUT2D eigenvalue weighted by atomic mass is 9.96. The van der Waals surface area contributed by atoms with E-state index in [4.69, 9.17) is 0 Å². The molecular weight excluding hydrogens is 360 g/mol. The predicted octanol–water partition coefficient (Wildman–Crippen LogP) is 3.88. The minimum atomic E-state index is -3.42. The van der Waals surface area contributed by atoms with Crippen molar-refractivity contribution in [2.45, 2.75) is 82.6 Å². The first-order chi connectivity index (χ1) is 13.0. The molecule has 152 valence electrons. The van der Waals surface area contributed by atoms with Crippen LogP contribution in [0.4, 0.5) is 0 Å². The van der Waals surface area contributed by atoms with E-state index in [1.165, 1.54) is 36.4 Å². The minimum Gasteiger partial charge on any atom is -0.353 e. The van der Waals surface area contributed by atoms with Crippen molar-refractivity contribution in [1.82, 2.24) is 9.62 Å². The summed E-state index contributed by atoms with van der Waals surface area (Å²) in [5, 5.41) is 3.18. The largest absolute Gasteiger partial charge is 0.353 e. The van der Waals surface area contributed by atoms with Crippen molar-refractivity contribution in [2.75, 3.05) is 13.1 Å². The SMILES string of the molecule is CCN(CC)S(=O)(=O)c1ccc(CCC(=O)NC2CCCCCCC2)cc1. The maximum Gasteiger partial charge on any atom is 0.243 e. The molecule has 1 aliphatic carbocycles. The molecule has 1 aromatic rings. The van der Waals surface area contributed by atoms with Crippen molar-refractivity contribution >= 4 is 15.9 Å². The highest BCUT2D eigenvalue weighted by Crippen LogP contribution is 2.18. The van der Waals surface area contributed by atoms with E-state index < -0.39 is 10.0 Å². The standard InChI is InChI=1S/C21H34N2O3S/c1-3-23(4-2)27(25,26)20-15-12-18(13-16-20)14-17-21(24)22-19-10-8-6-5-7-9-11-19/h12-13,15-16,19H,3-11,14,17H2,1-2H3,(H,22,24). The summed E-state index contributed by atoms with van der Waals surface area (Å²) in [5.74, 6) is 0.0976. The van der Waals surface area contributed by atoms with Crippen LogP contribution in [0.1, 0.15) is 70.8 Å². The smallest absolute Gasteiger partial charge is 0.243 e. The summed E-state index contributed by atoms with van der Waals surface area (Å²) in [5.41, 5.74) is 0.987. The van der Waals surface area contributed by atoms with Crippen molar-refractivity contribution in [2.24, 2.45) is 0 Å². The third kappa shape index (κ3) is 6.61.